The number of aromatic amines is 1. The minimum atomic E-state index is -2.97. The van der Waals surface area contributed by atoms with Gasteiger partial charge < -0.3 is 20.1 Å². The van der Waals surface area contributed by atoms with E-state index >= 15 is 0 Å². The normalized spacial score (nSPS) is 13.4. The van der Waals surface area contributed by atoms with Crippen molar-refractivity contribution < 1.29 is 22.6 Å². The van der Waals surface area contributed by atoms with Crippen molar-refractivity contribution >= 4 is 11.6 Å². The molecule has 0 fully saturated rings. The van der Waals surface area contributed by atoms with E-state index in [1.807, 2.05) is 6.92 Å². The highest BCUT2D eigenvalue weighted by molar-refractivity contribution is 5.51. The lowest BCUT2D eigenvalue weighted by Gasteiger charge is -2.22. The van der Waals surface area contributed by atoms with Gasteiger partial charge in [-0.3, -0.25) is 10.1 Å². The number of alkyl halides is 3. The summed E-state index contributed by atoms with van der Waals surface area (Å²) in [5, 5.41) is 11.8. The zero-order valence-electron chi connectivity index (χ0n) is 15.8. The maximum Gasteiger partial charge on any atom is 0.388 e. The highest BCUT2D eigenvalue weighted by atomic mass is 19.3. The fourth-order valence-corrected chi connectivity index (χ4v) is 2.46. The average Bonchev–Trinajstić information content (AvgIpc) is 3.09. The molecule has 0 spiro atoms. The lowest BCUT2D eigenvalue weighted by atomic mass is 10.1. The quantitative estimate of drug-likeness (QED) is 0.472. The van der Waals surface area contributed by atoms with Gasteiger partial charge in [-0.2, -0.15) is 13.8 Å². The Morgan fingerprint density at radius 2 is 1.96 bits per heavy atom. The maximum atomic E-state index is 14.5. The molecule has 3 N–H and O–H groups in total. The van der Waals surface area contributed by atoms with Crippen molar-refractivity contribution in [2.75, 3.05) is 18.9 Å². The van der Waals surface area contributed by atoms with Crippen LogP contribution in [0.25, 0.3) is 0 Å². The minimum Gasteiger partial charge on any atom is -0.470 e. The summed E-state index contributed by atoms with van der Waals surface area (Å²) in [6, 6.07) is 1.25. The first-order valence-corrected chi connectivity index (χ1v) is 9.06. The SMILES string of the molecule is CCCCC(Oc1cncc(Nc2cc(OC(F)F)n[nH]2)n1)C(F)CCNC. The smallest absolute Gasteiger partial charge is 0.388 e. The molecule has 0 radical (unpaired) electrons. The van der Waals surface area contributed by atoms with Crippen LogP contribution in [0, 0.1) is 0 Å². The Morgan fingerprint density at radius 3 is 2.68 bits per heavy atom. The lowest BCUT2D eigenvalue weighted by Crippen LogP contribution is -2.31. The van der Waals surface area contributed by atoms with Gasteiger partial charge in [0.2, 0.25) is 11.8 Å². The molecule has 2 aromatic rings. The van der Waals surface area contributed by atoms with Crippen molar-refractivity contribution in [1.82, 2.24) is 25.5 Å². The van der Waals surface area contributed by atoms with Gasteiger partial charge in [0.15, 0.2) is 5.82 Å². The number of anilines is 2. The molecule has 0 aliphatic carbocycles. The van der Waals surface area contributed by atoms with Crippen LogP contribution in [0.2, 0.25) is 0 Å². The third-order valence-electron chi connectivity index (χ3n) is 3.83. The second kappa shape index (κ2) is 11.3. The molecule has 28 heavy (non-hydrogen) atoms. The molecular weight excluding hydrogens is 377 g/mol. The van der Waals surface area contributed by atoms with Gasteiger partial charge in [-0.1, -0.05) is 13.3 Å². The fraction of sp³-hybridized carbons (Fsp3) is 0.588. The van der Waals surface area contributed by atoms with E-state index < -0.39 is 18.9 Å². The molecule has 156 valence electrons. The van der Waals surface area contributed by atoms with Crippen LogP contribution >= 0.6 is 0 Å². The molecule has 0 aliphatic heterocycles. The summed E-state index contributed by atoms with van der Waals surface area (Å²) >= 11 is 0. The van der Waals surface area contributed by atoms with Gasteiger partial charge in [-0.25, -0.2) is 4.39 Å². The lowest BCUT2D eigenvalue weighted by molar-refractivity contribution is -0.0528. The first kappa shape index (κ1) is 21.7. The van der Waals surface area contributed by atoms with Crippen molar-refractivity contribution in [2.45, 2.75) is 51.5 Å². The third-order valence-corrected chi connectivity index (χ3v) is 3.83. The number of nitrogens with zero attached hydrogens (tertiary/aromatic N) is 3. The highest BCUT2D eigenvalue weighted by Crippen LogP contribution is 2.22. The molecule has 2 rings (SSSR count). The van der Waals surface area contributed by atoms with Crippen LogP contribution in [-0.4, -0.2) is 52.6 Å². The Kier molecular flexibility index (Phi) is 8.79. The van der Waals surface area contributed by atoms with Crippen molar-refractivity contribution in [1.29, 1.82) is 0 Å². The third kappa shape index (κ3) is 7.22. The molecule has 0 aromatic carbocycles. The van der Waals surface area contributed by atoms with Gasteiger partial charge >= 0.3 is 6.61 Å². The van der Waals surface area contributed by atoms with E-state index in [0.29, 0.717) is 19.4 Å². The van der Waals surface area contributed by atoms with Crippen LogP contribution < -0.4 is 20.1 Å². The van der Waals surface area contributed by atoms with E-state index in [0.717, 1.165) is 12.8 Å². The molecule has 2 aromatic heterocycles. The highest BCUT2D eigenvalue weighted by Gasteiger charge is 2.23. The summed E-state index contributed by atoms with van der Waals surface area (Å²) in [4.78, 5) is 8.25. The number of hydrogen-bond acceptors (Lipinski definition) is 7. The molecular formula is C17H25F3N6O2. The van der Waals surface area contributed by atoms with Gasteiger partial charge in [0, 0.05) is 6.07 Å². The number of ether oxygens (including phenoxy) is 2. The summed E-state index contributed by atoms with van der Waals surface area (Å²) in [5.74, 6) is 0.468. The predicted molar refractivity (Wildman–Crippen MR) is 97.9 cm³/mol. The number of aromatic nitrogens is 4. The monoisotopic (exact) mass is 402 g/mol. The van der Waals surface area contributed by atoms with E-state index in [1.54, 1.807) is 7.05 Å². The van der Waals surface area contributed by atoms with Gasteiger partial charge in [-0.15, -0.1) is 5.10 Å². The minimum absolute atomic E-state index is 0.168. The Balaban J connectivity index is 2.02. The van der Waals surface area contributed by atoms with E-state index in [9.17, 15) is 13.2 Å². The van der Waals surface area contributed by atoms with E-state index in [-0.39, 0.29) is 23.4 Å². The van der Waals surface area contributed by atoms with Crippen molar-refractivity contribution in [3.05, 3.63) is 18.5 Å². The molecule has 0 saturated heterocycles. The van der Waals surface area contributed by atoms with Crippen molar-refractivity contribution in [2.24, 2.45) is 0 Å². The first-order valence-electron chi connectivity index (χ1n) is 9.06. The second-order valence-corrected chi connectivity index (χ2v) is 6.07. The second-order valence-electron chi connectivity index (χ2n) is 6.07. The fourth-order valence-electron chi connectivity index (χ4n) is 2.46. The van der Waals surface area contributed by atoms with E-state index in [4.69, 9.17) is 4.74 Å². The van der Waals surface area contributed by atoms with Gasteiger partial charge in [0.05, 0.1) is 12.4 Å². The van der Waals surface area contributed by atoms with Gasteiger partial charge in [-0.05, 0) is 32.9 Å². The standard InChI is InChI=1S/C17H25F3N6O2/c1-3-4-5-12(11(18)6-7-21-2)27-16-10-22-9-14(24-16)23-13-8-15(26-25-13)28-17(19)20/h8-12,17,21H,3-7H2,1-2H3,(H2,23,24,25,26). The van der Waals surface area contributed by atoms with Gasteiger partial charge in [0.25, 0.3) is 0 Å². The number of halogens is 3. The van der Waals surface area contributed by atoms with E-state index in [2.05, 4.69) is 35.5 Å². The summed E-state index contributed by atoms with van der Waals surface area (Å²) in [5.41, 5.74) is 0. The summed E-state index contributed by atoms with van der Waals surface area (Å²) in [6.45, 7) is -0.397. The first-order chi connectivity index (χ1) is 13.5. The summed E-state index contributed by atoms with van der Waals surface area (Å²) < 4.78 is 48.8. The molecule has 2 atom stereocenters. The van der Waals surface area contributed by atoms with Crippen molar-refractivity contribution in [3.8, 4) is 11.8 Å². The molecule has 0 bridgehead atoms. The number of H-pyrrole nitrogens is 1. The Labute approximate surface area is 161 Å². The molecule has 11 heteroatoms. The molecule has 0 aliphatic rings. The predicted octanol–water partition coefficient (Wildman–Crippen LogP) is 3.43. The van der Waals surface area contributed by atoms with Crippen LogP contribution in [0.3, 0.4) is 0 Å². The summed E-state index contributed by atoms with van der Waals surface area (Å²) in [6.07, 6.45) is 3.69. The molecule has 8 nitrogen and oxygen atoms in total. The zero-order valence-corrected chi connectivity index (χ0v) is 15.8. The Hall–Kier alpha value is -2.56. The van der Waals surface area contributed by atoms with Crippen LogP contribution in [0.1, 0.15) is 32.6 Å². The van der Waals surface area contributed by atoms with Crippen molar-refractivity contribution in [3.63, 3.8) is 0 Å². The number of hydrogen-bond donors (Lipinski definition) is 3. The van der Waals surface area contributed by atoms with E-state index in [1.165, 1.54) is 18.5 Å². The summed E-state index contributed by atoms with van der Waals surface area (Å²) in [7, 11) is 1.77. The Morgan fingerprint density at radius 1 is 1.14 bits per heavy atom. The number of nitrogens with one attached hydrogen (secondary N) is 3. The topological polar surface area (TPSA) is 97.0 Å². The maximum absolute atomic E-state index is 14.5. The average molecular weight is 402 g/mol. The molecule has 0 amide bonds. The largest absolute Gasteiger partial charge is 0.470 e. The van der Waals surface area contributed by atoms with Crippen LogP contribution in [0.4, 0.5) is 24.8 Å². The zero-order chi connectivity index (χ0) is 20.4. The number of unbranched alkanes of at least 4 members (excludes halogenated alkanes) is 1. The molecule has 0 saturated carbocycles. The van der Waals surface area contributed by atoms with Crippen LogP contribution in [0.15, 0.2) is 18.5 Å². The number of rotatable bonds is 13. The molecule has 2 heterocycles. The van der Waals surface area contributed by atoms with Crippen LogP contribution in [0.5, 0.6) is 11.8 Å². The van der Waals surface area contributed by atoms with Gasteiger partial charge in [0.1, 0.15) is 18.1 Å². The molecule has 2 unspecified atom stereocenters. The van der Waals surface area contributed by atoms with Crippen LogP contribution in [-0.2, 0) is 0 Å². The Bertz CT molecular complexity index is 703.